The Kier molecular flexibility index (Phi) is 4.51. The van der Waals surface area contributed by atoms with Gasteiger partial charge in [-0.15, -0.1) is 0 Å². The molecule has 0 aromatic heterocycles. The second kappa shape index (κ2) is 6.73. The predicted molar refractivity (Wildman–Crippen MR) is 89.1 cm³/mol. The Morgan fingerprint density at radius 1 is 1.09 bits per heavy atom. The maximum atomic E-state index is 12.6. The van der Waals surface area contributed by atoms with Gasteiger partial charge in [-0.05, 0) is 37.1 Å². The summed E-state index contributed by atoms with van der Waals surface area (Å²) in [7, 11) is 0. The molecule has 2 aromatic carbocycles. The van der Waals surface area contributed by atoms with Gasteiger partial charge in [0.05, 0.1) is 19.3 Å². The molecule has 4 nitrogen and oxygen atoms in total. The number of hydrogen-bond acceptors (Lipinski definition) is 3. The van der Waals surface area contributed by atoms with Crippen molar-refractivity contribution in [3.63, 3.8) is 0 Å². The molecule has 23 heavy (non-hydrogen) atoms. The van der Waals surface area contributed by atoms with Crippen LogP contribution in [-0.4, -0.2) is 19.1 Å². The highest BCUT2D eigenvalue weighted by Crippen LogP contribution is 2.32. The van der Waals surface area contributed by atoms with Crippen molar-refractivity contribution >= 4 is 5.91 Å². The van der Waals surface area contributed by atoms with Gasteiger partial charge in [0.1, 0.15) is 0 Å². The number of rotatable bonds is 3. The summed E-state index contributed by atoms with van der Waals surface area (Å²) >= 11 is 0. The predicted octanol–water partition coefficient (Wildman–Crippen LogP) is 3.65. The van der Waals surface area contributed by atoms with Crippen molar-refractivity contribution in [2.24, 2.45) is 0 Å². The van der Waals surface area contributed by atoms with Gasteiger partial charge >= 0.3 is 0 Å². The first-order chi connectivity index (χ1) is 11.1. The van der Waals surface area contributed by atoms with Crippen molar-refractivity contribution in [1.82, 2.24) is 5.32 Å². The van der Waals surface area contributed by atoms with Crippen LogP contribution in [0, 0.1) is 6.92 Å². The highest BCUT2D eigenvalue weighted by Gasteiger charge is 2.18. The first kappa shape index (κ1) is 15.4. The third-order valence-corrected chi connectivity index (χ3v) is 3.99. The quantitative estimate of drug-likeness (QED) is 0.941. The Bertz CT molecular complexity index is 697. The Hall–Kier alpha value is -2.49. The molecular formula is C19H21NO3. The lowest BCUT2D eigenvalue weighted by atomic mass is 10.0. The molecule has 1 heterocycles. The second-order valence-corrected chi connectivity index (χ2v) is 5.77. The third kappa shape index (κ3) is 3.47. The molecule has 0 saturated carbocycles. The lowest BCUT2D eigenvalue weighted by molar-refractivity contribution is 0.0939. The molecule has 1 atom stereocenters. The number of aryl methyl sites for hydroxylation is 1. The molecule has 1 amide bonds. The van der Waals surface area contributed by atoms with Crippen LogP contribution in [0.3, 0.4) is 0 Å². The van der Waals surface area contributed by atoms with Gasteiger partial charge in [-0.1, -0.05) is 30.3 Å². The van der Waals surface area contributed by atoms with Crippen molar-refractivity contribution < 1.29 is 14.3 Å². The molecule has 1 aliphatic heterocycles. The molecule has 1 aliphatic rings. The maximum absolute atomic E-state index is 12.6. The van der Waals surface area contributed by atoms with Crippen LogP contribution in [0.25, 0.3) is 0 Å². The third-order valence-electron chi connectivity index (χ3n) is 3.99. The largest absolute Gasteiger partial charge is 0.490 e. The lowest BCUT2D eigenvalue weighted by Crippen LogP contribution is -2.27. The Balaban J connectivity index is 1.81. The Morgan fingerprint density at radius 3 is 2.43 bits per heavy atom. The van der Waals surface area contributed by atoms with Gasteiger partial charge in [-0.25, -0.2) is 0 Å². The van der Waals surface area contributed by atoms with E-state index < -0.39 is 0 Å². The number of ether oxygens (including phenoxy) is 2. The molecule has 0 spiro atoms. The average molecular weight is 311 g/mol. The topological polar surface area (TPSA) is 47.6 Å². The highest BCUT2D eigenvalue weighted by molar-refractivity contribution is 5.96. The van der Waals surface area contributed by atoms with E-state index in [0.29, 0.717) is 30.3 Å². The van der Waals surface area contributed by atoms with Crippen molar-refractivity contribution in [3.05, 3.63) is 59.2 Å². The summed E-state index contributed by atoms with van der Waals surface area (Å²) < 4.78 is 11.3. The normalized spacial score (nSPS) is 14.7. The molecular weight excluding hydrogens is 290 g/mol. The fourth-order valence-electron chi connectivity index (χ4n) is 2.65. The van der Waals surface area contributed by atoms with E-state index in [2.05, 4.69) is 5.32 Å². The fraction of sp³-hybridized carbons (Fsp3) is 0.316. The maximum Gasteiger partial charge on any atom is 0.252 e. The van der Waals surface area contributed by atoms with Crippen LogP contribution in [-0.2, 0) is 0 Å². The van der Waals surface area contributed by atoms with Gasteiger partial charge in [0, 0.05) is 12.0 Å². The Morgan fingerprint density at radius 2 is 1.74 bits per heavy atom. The zero-order valence-electron chi connectivity index (χ0n) is 13.5. The number of carbonyl (C=O) groups excluding carboxylic acids is 1. The van der Waals surface area contributed by atoms with E-state index >= 15 is 0 Å². The SMILES string of the molecule is Cc1cc2c(cc1C(=O)N[C@H](C)c1ccccc1)OCCCO2. The molecule has 0 saturated heterocycles. The molecule has 0 fully saturated rings. The van der Waals surface area contributed by atoms with Crippen LogP contribution in [0.15, 0.2) is 42.5 Å². The first-order valence-corrected chi connectivity index (χ1v) is 7.91. The molecule has 0 bridgehead atoms. The van der Waals surface area contributed by atoms with E-state index in [9.17, 15) is 4.79 Å². The van der Waals surface area contributed by atoms with Gasteiger partial charge in [0.15, 0.2) is 11.5 Å². The number of fused-ring (bicyclic) bond motifs is 1. The molecule has 3 rings (SSSR count). The van der Waals surface area contributed by atoms with E-state index in [1.807, 2.05) is 50.2 Å². The van der Waals surface area contributed by atoms with Gasteiger partial charge < -0.3 is 14.8 Å². The smallest absolute Gasteiger partial charge is 0.252 e. The van der Waals surface area contributed by atoms with Crippen LogP contribution >= 0.6 is 0 Å². The molecule has 4 heteroatoms. The monoisotopic (exact) mass is 311 g/mol. The summed E-state index contributed by atoms with van der Waals surface area (Å²) in [4.78, 5) is 12.6. The average Bonchev–Trinajstić information content (AvgIpc) is 2.79. The lowest BCUT2D eigenvalue weighted by Gasteiger charge is -2.17. The van der Waals surface area contributed by atoms with Crippen LogP contribution in [0.4, 0.5) is 0 Å². The molecule has 0 aliphatic carbocycles. The fourth-order valence-corrected chi connectivity index (χ4v) is 2.65. The second-order valence-electron chi connectivity index (χ2n) is 5.77. The summed E-state index contributed by atoms with van der Waals surface area (Å²) in [5, 5.41) is 3.04. The van der Waals surface area contributed by atoms with Crippen molar-refractivity contribution in [2.75, 3.05) is 13.2 Å². The minimum absolute atomic E-state index is 0.0564. The summed E-state index contributed by atoms with van der Waals surface area (Å²) in [6, 6.07) is 13.5. The van der Waals surface area contributed by atoms with Gasteiger partial charge in [0.2, 0.25) is 0 Å². The molecule has 2 aromatic rings. The standard InChI is InChI=1S/C19H21NO3/c1-13-11-17-18(23-10-6-9-22-17)12-16(13)19(21)20-14(2)15-7-4-3-5-8-15/h3-5,7-8,11-12,14H,6,9-10H2,1-2H3,(H,20,21)/t14-/m1/s1. The van der Waals surface area contributed by atoms with Crippen LogP contribution in [0.2, 0.25) is 0 Å². The first-order valence-electron chi connectivity index (χ1n) is 7.91. The van der Waals surface area contributed by atoms with E-state index in [-0.39, 0.29) is 11.9 Å². The summed E-state index contributed by atoms with van der Waals surface area (Å²) in [5.74, 6) is 1.26. The van der Waals surface area contributed by atoms with E-state index in [0.717, 1.165) is 17.5 Å². The van der Waals surface area contributed by atoms with Crippen molar-refractivity contribution in [3.8, 4) is 11.5 Å². The summed E-state index contributed by atoms with van der Waals surface area (Å²) in [6.07, 6.45) is 0.848. The zero-order valence-corrected chi connectivity index (χ0v) is 13.5. The molecule has 0 unspecified atom stereocenters. The number of carbonyl (C=O) groups is 1. The summed E-state index contributed by atoms with van der Waals surface area (Å²) in [6.45, 7) is 5.14. The van der Waals surface area contributed by atoms with Crippen molar-refractivity contribution in [2.45, 2.75) is 26.3 Å². The molecule has 120 valence electrons. The number of benzene rings is 2. The van der Waals surface area contributed by atoms with Gasteiger partial charge in [-0.2, -0.15) is 0 Å². The van der Waals surface area contributed by atoms with Crippen LogP contribution in [0.1, 0.15) is 40.9 Å². The number of hydrogen-bond donors (Lipinski definition) is 1. The van der Waals surface area contributed by atoms with Gasteiger partial charge in [0.25, 0.3) is 5.91 Å². The van der Waals surface area contributed by atoms with E-state index in [1.54, 1.807) is 6.07 Å². The van der Waals surface area contributed by atoms with Crippen LogP contribution in [0.5, 0.6) is 11.5 Å². The minimum Gasteiger partial charge on any atom is -0.490 e. The zero-order chi connectivity index (χ0) is 16.2. The number of nitrogens with one attached hydrogen (secondary N) is 1. The number of amides is 1. The molecule has 1 N–H and O–H groups in total. The molecule has 0 radical (unpaired) electrons. The minimum atomic E-state index is -0.102. The van der Waals surface area contributed by atoms with E-state index in [4.69, 9.17) is 9.47 Å². The Labute approximate surface area is 136 Å². The van der Waals surface area contributed by atoms with Crippen molar-refractivity contribution in [1.29, 1.82) is 0 Å². The van der Waals surface area contributed by atoms with E-state index in [1.165, 1.54) is 0 Å². The van der Waals surface area contributed by atoms with Gasteiger partial charge in [-0.3, -0.25) is 4.79 Å². The highest BCUT2D eigenvalue weighted by atomic mass is 16.5. The summed E-state index contributed by atoms with van der Waals surface area (Å²) in [5.41, 5.74) is 2.58. The van der Waals surface area contributed by atoms with Crippen LogP contribution < -0.4 is 14.8 Å².